The molecule has 3 heterocycles. The van der Waals surface area contributed by atoms with Gasteiger partial charge < -0.3 is 24.2 Å². The van der Waals surface area contributed by atoms with Gasteiger partial charge in [0.05, 0.1) is 39.8 Å². The van der Waals surface area contributed by atoms with E-state index in [4.69, 9.17) is 71.6 Å². The molecule has 0 spiro atoms. The van der Waals surface area contributed by atoms with E-state index >= 15 is 0 Å². The van der Waals surface area contributed by atoms with Crippen molar-refractivity contribution in [3.8, 4) is 5.75 Å². The van der Waals surface area contributed by atoms with Crippen LogP contribution in [0.1, 0.15) is 32.6 Å². The second-order valence-electron chi connectivity index (χ2n) is 7.20. The molecule has 2 amide bonds. The van der Waals surface area contributed by atoms with Gasteiger partial charge >= 0.3 is 0 Å². The predicted octanol–water partition coefficient (Wildman–Crippen LogP) is 6.63. The quantitative estimate of drug-likeness (QED) is 0.175. The Bertz CT molecular complexity index is 1400. The van der Waals surface area contributed by atoms with E-state index in [-0.39, 0.29) is 66.9 Å². The van der Waals surface area contributed by atoms with Crippen molar-refractivity contribution in [2.24, 2.45) is 7.05 Å². The Balaban J connectivity index is 1.42. The second-order valence-corrected chi connectivity index (χ2v) is 9.09. The van der Waals surface area contributed by atoms with Gasteiger partial charge in [0, 0.05) is 7.05 Å². The Hall–Kier alpha value is -2.82. The molecule has 0 bridgehead atoms. The van der Waals surface area contributed by atoms with E-state index < -0.39 is 11.8 Å². The maximum atomic E-state index is 12.7. The van der Waals surface area contributed by atoms with Crippen molar-refractivity contribution >= 4 is 75.5 Å². The predicted molar refractivity (Wildman–Crippen MR) is 136 cm³/mol. The highest BCUT2D eigenvalue weighted by atomic mass is 35.5. The van der Waals surface area contributed by atoms with E-state index in [1.807, 2.05) is 0 Å². The number of halogens is 5. The van der Waals surface area contributed by atoms with E-state index in [1.54, 1.807) is 19.2 Å². The monoisotopic (exact) mass is 590 g/mol. The summed E-state index contributed by atoms with van der Waals surface area (Å²) in [4.78, 5) is 25.4. The maximum Gasteiger partial charge on any atom is 0.291 e. The molecule has 4 aromatic rings. The number of carbonyl (C=O) groups excluding carboxylic acids is 2. The first-order chi connectivity index (χ1) is 17.2. The molecular weight excluding hydrogens is 578 g/mol. The molecule has 9 nitrogen and oxygen atoms in total. The second kappa shape index (κ2) is 11.1. The molecule has 2 N–H and O–H groups in total. The van der Waals surface area contributed by atoms with Gasteiger partial charge in [0.2, 0.25) is 0 Å². The van der Waals surface area contributed by atoms with Gasteiger partial charge in [0.25, 0.3) is 11.8 Å². The van der Waals surface area contributed by atoms with Crippen molar-refractivity contribution in [2.45, 2.75) is 13.2 Å². The van der Waals surface area contributed by atoms with Crippen LogP contribution in [0, 0.1) is 0 Å². The van der Waals surface area contributed by atoms with Crippen molar-refractivity contribution < 1.29 is 23.2 Å². The highest BCUT2D eigenvalue weighted by Crippen LogP contribution is 2.48. The van der Waals surface area contributed by atoms with Crippen molar-refractivity contribution in [1.29, 1.82) is 0 Å². The van der Waals surface area contributed by atoms with Crippen molar-refractivity contribution in [3.63, 3.8) is 0 Å². The Kier molecular flexibility index (Phi) is 8.07. The lowest BCUT2D eigenvalue weighted by Gasteiger charge is -2.12. The summed E-state index contributed by atoms with van der Waals surface area (Å²) < 4.78 is 17.7. The van der Waals surface area contributed by atoms with Crippen LogP contribution in [0.15, 0.2) is 45.6 Å². The van der Waals surface area contributed by atoms with Crippen LogP contribution in [0.2, 0.25) is 25.1 Å². The zero-order valence-electron chi connectivity index (χ0n) is 18.2. The third-order valence-electron chi connectivity index (χ3n) is 4.82. The number of benzene rings is 1. The average molecular weight is 593 g/mol. The highest BCUT2D eigenvalue weighted by molar-refractivity contribution is 6.55. The number of carbonyl (C=O) groups is 2. The zero-order valence-corrected chi connectivity index (χ0v) is 22.0. The summed E-state index contributed by atoms with van der Waals surface area (Å²) in [6, 6.07) is 6.40. The molecular formula is C22H15Cl5N4O5. The molecule has 0 unspecified atom stereocenters. The standard InChI is InChI=1S/C22H15Cl5N4O5/c1-31-19(22(33)28-7-10-3-2-6-34-10)12(8-29-31)30-21(32)13-5-4-11(36-13)9-35-20-17(26)15(24)14(23)16(25)18(20)27/h2-6,8H,7,9H2,1H3,(H,28,33)(H,30,32). The van der Waals surface area contributed by atoms with Crippen LogP contribution < -0.4 is 15.4 Å². The number of aryl methyl sites for hydroxylation is 1. The van der Waals surface area contributed by atoms with Crippen LogP contribution in [0.5, 0.6) is 5.75 Å². The minimum Gasteiger partial charge on any atom is -0.482 e. The molecule has 14 heteroatoms. The number of amides is 2. The molecule has 0 atom stereocenters. The molecule has 1 aromatic carbocycles. The summed E-state index contributed by atoms with van der Waals surface area (Å²) in [6.07, 6.45) is 2.85. The molecule has 0 saturated heterocycles. The van der Waals surface area contributed by atoms with Gasteiger partial charge in [0.1, 0.15) is 33.9 Å². The molecule has 0 aliphatic carbocycles. The number of furan rings is 2. The van der Waals surface area contributed by atoms with Crippen LogP contribution in [0.3, 0.4) is 0 Å². The third kappa shape index (κ3) is 5.45. The first-order valence-corrected chi connectivity index (χ1v) is 11.9. The minimum atomic E-state index is -0.608. The molecule has 0 aliphatic rings. The lowest BCUT2D eigenvalue weighted by atomic mass is 10.3. The summed E-state index contributed by atoms with van der Waals surface area (Å²) in [5.74, 6) is -0.235. The summed E-state index contributed by atoms with van der Waals surface area (Å²) in [5, 5.41) is 9.31. The number of hydrogen-bond acceptors (Lipinski definition) is 6. The Morgan fingerprint density at radius 2 is 1.67 bits per heavy atom. The highest BCUT2D eigenvalue weighted by Gasteiger charge is 2.23. The lowest BCUT2D eigenvalue weighted by molar-refractivity contribution is 0.0939. The molecule has 188 valence electrons. The molecule has 0 fully saturated rings. The third-order valence-corrected chi connectivity index (χ3v) is 7.06. The SMILES string of the molecule is Cn1ncc(NC(=O)c2ccc(COc3c(Cl)c(Cl)c(Cl)c(Cl)c3Cl)o2)c1C(=O)NCc1ccco1. The molecule has 0 aliphatic heterocycles. The molecule has 3 aromatic heterocycles. The van der Waals surface area contributed by atoms with Crippen LogP contribution in [-0.4, -0.2) is 21.6 Å². The number of hydrogen-bond donors (Lipinski definition) is 2. The number of ether oxygens (including phenoxy) is 1. The average Bonchev–Trinajstić information content (AvgIpc) is 3.62. The fourth-order valence-corrected chi connectivity index (χ4v) is 4.31. The smallest absolute Gasteiger partial charge is 0.291 e. The Morgan fingerprint density at radius 1 is 0.972 bits per heavy atom. The van der Waals surface area contributed by atoms with E-state index in [9.17, 15) is 9.59 Å². The fourth-order valence-electron chi connectivity index (χ4n) is 3.08. The largest absolute Gasteiger partial charge is 0.482 e. The van der Waals surface area contributed by atoms with Crippen LogP contribution in [0.25, 0.3) is 0 Å². The number of anilines is 1. The fraction of sp³-hybridized carbons (Fsp3) is 0.136. The van der Waals surface area contributed by atoms with Gasteiger partial charge in [-0.25, -0.2) is 0 Å². The summed E-state index contributed by atoms with van der Waals surface area (Å²) >= 11 is 30.4. The number of aromatic nitrogens is 2. The minimum absolute atomic E-state index is 0.00191. The van der Waals surface area contributed by atoms with E-state index in [2.05, 4.69) is 15.7 Å². The van der Waals surface area contributed by atoms with Gasteiger partial charge in [-0.2, -0.15) is 5.10 Å². The molecule has 0 saturated carbocycles. The van der Waals surface area contributed by atoms with Crippen molar-refractivity contribution in [1.82, 2.24) is 15.1 Å². The van der Waals surface area contributed by atoms with Gasteiger partial charge in [-0.3, -0.25) is 14.3 Å². The van der Waals surface area contributed by atoms with Gasteiger partial charge in [-0.05, 0) is 24.3 Å². The van der Waals surface area contributed by atoms with Gasteiger partial charge in [0.15, 0.2) is 11.5 Å². The van der Waals surface area contributed by atoms with E-state index in [0.29, 0.717) is 5.76 Å². The Morgan fingerprint density at radius 3 is 2.33 bits per heavy atom. The van der Waals surface area contributed by atoms with E-state index in [1.165, 1.54) is 29.3 Å². The van der Waals surface area contributed by atoms with Crippen LogP contribution in [0.4, 0.5) is 5.69 Å². The first kappa shape index (κ1) is 26.2. The van der Waals surface area contributed by atoms with E-state index in [0.717, 1.165) is 0 Å². The summed E-state index contributed by atoms with van der Waals surface area (Å²) in [7, 11) is 1.57. The number of nitrogens with zero attached hydrogens (tertiary/aromatic N) is 2. The van der Waals surface area contributed by atoms with Gasteiger partial charge in [-0.1, -0.05) is 58.0 Å². The lowest BCUT2D eigenvalue weighted by Crippen LogP contribution is -2.26. The van der Waals surface area contributed by atoms with Gasteiger partial charge in [-0.15, -0.1) is 0 Å². The van der Waals surface area contributed by atoms with Crippen LogP contribution >= 0.6 is 58.0 Å². The normalized spacial score (nSPS) is 10.9. The Labute approximate surface area is 229 Å². The molecule has 4 rings (SSSR count). The summed E-state index contributed by atoms with van der Waals surface area (Å²) in [5.41, 5.74) is 0.337. The van der Waals surface area contributed by atoms with Crippen molar-refractivity contribution in [2.75, 3.05) is 5.32 Å². The molecule has 36 heavy (non-hydrogen) atoms. The maximum absolute atomic E-state index is 12.7. The summed E-state index contributed by atoms with van der Waals surface area (Å²) in [6.45, 7) is 0.0261. The zero-order chi connectivity index (χ0) is 26.0. The number of rotatable bonds is 8. The van der Waals surface area contributed by atoms with Crippen LogP contribution in [-0.2, 0) is 20.2 Å². The molecule has 0 radical (unpaired) electrons. The topological polar surface area (TPSA) is 112 Å². The van der Waals surface area contributed by atoms with Crippen molar-refractivity contribution in [3.05, 3.63) is 84.8 Å². The number of nitrogens with one attached hydrogen (secondary N) is 2. The first-order valence-electron chi connectivity index (χ1n) is 10.0.